The second-order valence-corrected chi connectivity index (χ2v) is 5.41. The maximum Gasteiger partial charge on any atom is 0.310 e. The molecule has 0 aliphatic heterocycles. The van der Waals surface area contributed by atoms with Crippen LogP contribution >= 0.6 is 0 Å². The van der Waals surface area contributed by atoms with E-state index < -0.39 is 11.4 Å². The van der Waals surface area contributed by atoms with Crippen molar-refractivity contribution in [3.05, 3.63) is 0 Å². The number of carboxylic acids is 1. The minimum atomic E-state index is -1.000. The lowest BCUT2D eigenvalue weighted by atomic mass is 9.79. The van der Waals surface area contributed by atoms with E-state index in [4.69, 9.17) is 0 Å². The number of amides is 2. The Morgan fingerprint density at radius 2 is 1.75 bits per heavy atom. The van der Waals surface area contributed by atoms with E-state index in [0.29, 0.717) is 18.9 Å². The SMILES string of the molecule is CCC(CC)(CC(=O)NCCC(=O)NC1CC1)C(=O)O. The van der Waals surface area contributed by atoms with Gasteiger partial charge in [0.2, 0.25) is 11.8 Å². The van der Waals surface area contributed by atoms with Crippen LogP contribution in [-0.4, -0.2) is 35.5 Å². The number of carboxylic acid groups (broad SMARTS) is 1. The number of carbonyl (C=O) groups is 3. The van der Waals surface area contributed by atoms with Crippen LogP contribution in [-0.2, 0) is 14.4 Å². The molecule has 1 rings (SSSR count). The first-order chi connectivity index (χ1) is 9.43. The highest BCUT2D eigenvalue weighted by Gasteiger charge is 2.37. The summed E-state index contributed by atoms with van der Waals surface area (Å²) in [5, 5.41) is 14.7. The van der Waals surface area contributed by atoms with Crippen molar-refractivity contribution in [1.29, 1.82) is 0 Å². The van der Waals surface area contributed by atoms with E-state index >= 15 is 0 Å². The molecular weight excluding hydrogens is 260 g/mol. The molecule has 6 nitrogen and oxygen atoms in total. The minimum Gasteiger partial charge on any atom is -0.481 e. The molecule has 0 spiro atoms. The predicted octanol–water partition coefficient (Wildman–Crippen LogP) is 1.05. The van der Waals surface area contributed by atoms with Crippen LogP contribution < -0.4 is 10.6 Å². The molecule has 1 aliphatic rings. The first kappa shape index (κ1) is 16.5. The van der Waals surface area contributed by atoms with E-state index in [-0.39, 0.29) is 31.2 Å². The maximum absolute atomic E-state index is 11.8. The van der Waals surface area contributed by atoms with Gasteiger partial charge in [-0.2, -0.15) is 0 Å². The van der Waals surface area contributed by atoms with Crippen molar-refractivity contribution in [3.63, 3.8) is 0 Å². The van der Waals surface area contributed by atoms with Crippen LogP contribution in [0, 0.1) is 5.41 Å². The number of rotatable bonds is 9. The van der Waals surface area contributed by atoms with E-state index in [9.17, 15) is 19.5 Å². The first-order valence-electron chi connectivity index (χ1n) is 7.23. The Kier molecular flexibility index (Phi) is 5.98. The summed E-state index contributed by atoms with van der Waals surface area (Å²) < 4.78 is 0. The lowest BCUT2D eigenvalue weighted by Gasteiger charge is -2.25. The molecule has 20 heavy (non-hydrogen) atoms. The zero-order valence-corrected chi connectivity index (χ0v) is 12.2. The quantitative estimate of drug-likeness (QED) is 0.590. The molecule has 0 aromatic heterocycles. The van der Waals surface area contributed by atoms with Crippen LogP contribution in [0.1, 0.15) is 52.4 Å². The fraction of sp³-hybridized carbons (Fsp3) is 0.786. The third-order valence-electron chi connectivity index (χ3n) is 3.92. The smallest absolute Gasteiger partial charge is 0.310 e. The van der Waals surface area contributed by atoms with Gasteiger partial charge in [0.05, 0.1) is 5.41 Å². The average molecular weight is 284 g/mol. The number of aliphatic carboxylic acids is 1. The Bertz CT molecular complexity index is 373. The van der Waals surface area contributed by atoms with E-state index in [0.717, 1.165) is 12.8 Å². The number of nitrogens with one attached hydrogen (secondary N) is 2. The molecule has 2 amide bonds. The van der Waals surface area contributed by atoms with Crippen molar-refractivity contribution >= 4 is 17.8 Å². The van der Waals surface area contributed by atoms with Gasteiger partial charge in [-0.15, -0.1) is 0 Å². The van der Waals surface area contributed by atoms with Crippen LogP contribution in [0.25, 0.3) is 0 Å². The van der Waals surface area contributed by atoms with Gasteiger partial charge in [0.1, 0.15) is 0 Å². The normalized spacial score (nSPS) is 14.7. The summed E-state index contributed by atoms with van der Waals surface area (Å²) in [4.78, 5) is 34.5. The summed E-state index contributed by atoms with van der Waals surface area (Å²) in [7, 11) is 0. The number of hydrogen-bond acceptors (Lipinski definition) is 3. The highest BCUT2D eigenvalue weighted by Crippen LogP contribution is 2.30. The molecule has 0 heterocycles. The van der Waals surface area contributed by atoms with E-state index in [1.807, 2.05) is 0 Å². The molecule has 0 aromatic carbocycles. The van der Waals surface area contributed by atoms with Gasteiger partial charge in [0, 0.05) is 25.4 Å². The summed E-state index contributed by atoms with van der Waals surface area (Å²) in [6.45, 7) is 3.79. The Morgan fingerprint density at radius 1 is 1.15 bits per heavy atom. The molecule has 3 N–H and O–H groups in total. The molecule has 1 aliphatic carbocycles. The molecule has 1 saturated carbocycles. The van der Waals surface area contributed by atoms with Crippen molar-refractivity contribution in [2.45, 2.75) is 58.4 Å². The molecule has 114 valence electrons. The van der Waals surface area contributed by atoms with Crippen molar-refractivity contribution in [2.24, 2.45) is 5.41 Å². The van der Waals surface area contributed by atoms with Crippen LogP contribution in [0.15, 0.2) is 0 Å². The van der Waals surface area contributed by atoms with Crippen molar-refractivity contribution < 1.29 is 19.5 Å². The van der Waals surface area contributed by atoms with Gasteiger partial charge >= 0.3 is 5.97 Å². The zero-order chi connectivity index (χ0) is 15.2. The molecular formula is C14H24N2O4. The van der Waals surface area contributed by atoms with Crippen LogP contribution in [0.2, 0.25) is 0 Å². The summed E-state index contributed by atoms with van der Waals surface area (Å²) in [6, 6.07) is 0.318. The van der Waals surface area contributed by atoms with Crippen molar-refractivity contribution in [2.75, 3.05) is 6.54 Å². The average Bonchev–Trinajstić information content (AvgIpc) is 3.19. The Morgan fingerprint density at radius 3 is 2.20 bits per heavy atom. The van der Waals surface area contributed by atoms with E-state index in [1.165, 1.54) is 0 Å². The Hall–Kier alpha value is -1.59. The third-order valence-corrected chi connectivity index (χ3v) is 3.92. The molecule has 0 radical (unpaired) electrons. The number of carbonyl (C=O) groups excluding carboxylic acids is 2. The van der Waals surface area contributed by atoms with Gasteiger partial charge in [-0.3, -0.25) is 14.4 Å². The Balaban J connectivity index is 2.30. The van der Waals surface area contributed by atoms with Gasteiger partial charge in [-0.25, -0.2) is 0 Å². The first-order valence-corrected chi connectivity index (χ1v) is 7.23. The van der Waals surface area contributed by atoms with Gasteiger partial charge in [-0.1, -0.05) is 13.8 Å². The highest BCUT2D eigenvalue weighted by molar-refractivity contribution is 5.85. The molecule has 1 fully saturated rings. The van der Waals surface area contributed by atoms with Crippen LogP contribution in [0.3, 0.4) is 0 Å². The molecule has 0 unspecified atom stereocenters. The lowest BCUT2D eigenvalue weighted by Crippen LogP contribution is -2.38. The molecule has 0 bridgehead atoms. The fourth-order valence-corrected chi connectivity index (χ4v) is 2.09. The monoisotopic (exact) mass is 284 g/mol. The van der Waals surface area contributed by atoms with Crippen LogP contribution in [0.5, 0.6) is 0 Å². The molecule has 6 heteroatoms. The summed E-state index contributed by atoms with van der Waals surface area (Å²) >= 11 is 0. The van der Waals surface area contributed by atoms with Gasteiger partial charge in [0.15, 0.2) is 0 Å². The van der Waals surface area contributed by atoms with Gasteiger partial charge in [0.25, 0.3) is 0 Å². The third kappa shape index (κ3) is 4.83. The summed E-state index contributed by atoms with van der Waals surface area (Å²) in [6.07, 6.45) is 3.08. The standard InChI is InChI=1S/C14H24N2O4/c1-3-14(4-2,13(19)20)9-12(18)15-8-7-11(17)16-10-5-6-10/h10H,3-9H2,1-2H3,(H,15,18)(H,16,17)(H,19,20). The van der Waals surface area contributed by atoms with Crippen molar-refractivity contribution in [1.82, 2.24) is 10.6 Å². The molecule has 0 atom stereocenters. The highest BCUT2D eigenvalue weighted by atomic mass is 16.4. The lowest BCUT2D eigenvalue weighted by molar-refractivity contribution is -0.152. The van der Waals surface area contributed by atoms with Crippen molar-refractivity contribution in [3.8, 4) is 0 Å². The maximum atomic E-state index is 11.8. The topological polar surface area (TPSA) is 95.5 Å². The summed E-state index contributed by atoms with van der Waals surface area (Å²) in [5.41, 5.74) is -1.000. The second-order valence-electron chi connectivity index (χ2n) is 5.41. The molecule has 0 saturated heterocycles. The minimum absolute atomic E-state index is 0.0421. The number of hydrogen-bond donors (Lipinski definition) is 3. The van der Waals surface area contributed by atoms with Gasteiger partial charge in [-0.05, 0) is 25.7 Å². The molecule has 0 aromatic rings. The Labute approximate surface area is 119 Å². The van der Waals surface area contributed by atoms with Gasteiger partial charge < -0.3 is 15.7 Å². The second kappa shape index (κ2) is 7.26. The zero-order valence-electron chi connectivity index (χ0n) is 12.2. The van der Waals surface area contributed by atoms with E-state index in [2.05, 4.69) is 10.6 Å². The predicted molar refractivity (Wildman–Crippen MR) is 74.1 cm³/mol. The fourth-order valence-electron chi connectivity index (χ4n) is 2.09. The van der Waals surface area contributed by atoms with E-state index in [1.54, 1.807) is 13.8 Å². The largest absolute Gasteiger partial charge is 0.481 e. The summed E-state index contributed by atoms with van der Waals surface area (Å²) in [5.74, 6) is -1.32. The van der Waals surface area contributed by atoms with Crippen LogP contribution in [0.4, 0.5) is 0 Å².